The Morgan fingerprint density at radius 1 is 1.35 bits per heavy atom. The summed E-state index contributed by atoms with van der Waals surface area (Å²) < 4.78 is 5.18. The maximum absolute atomic E-state index is 11.7. The standard InChI is InChI=1S/C10H9ClN4O2/c11-8-3-4-9(15-14-8)13-10(16)7-2-1-6(5-12)17-7/h1-4H,5,12H2,(H,13,15,16). The van der Waals surface area contributed by atoms with Gasteiger partial charge in [0.15, 0.2) is 16.7 Å². The van der Waals surface area contributed by atoms with E-state index in [-0.39, 0.29) is 17.5 Å². The highest BCUT2D eigenvalue weighted by Gasteiger charge is 2.11. The van der Waals surface area contributed by atoms with Crippen molar-refractivity contribution in [2.24, 2.45) is 5.73 Å². The van der Waals surface area contributed by atoms with E-state index in [4.69, 9.17) is 21.8 Å². The average Bonchev–Trinajstić information content (AvgIpc) is 2.81. The van der Waals surface area contributed by atoms with Crippen LogP contribution in [0.25, 0.3) is 0 Å². The fourth-order valence-corrected chi connectivity index (χ4v) is 1.27. The molecule has 0 spiro atoms. The van der Waals surface area contributed by atoms with E-state index in [9.17, 15) is 4.79 Å². The van der Waals surface area contributed by atoms with E-state index in [1.807, 2.05) is 0 Å². The van der Waals surface area contributed by atoms with Gasteiger partial charge in [0.05, 0.1) is 6.54 Å². The average molecular weight is 253 g/mol. The van der Waals surface area contributed by atoms with Crippen LogP contribution in [0.3, 0.4) is 0 Å². The Labute approximate surface area is 102 Å². The van der Waals surface area contributed by atoms with Gasteiger partial charge in [-0.25, -0.2) is 0 Å². The summed E-state index contributed by atoms with van der Waals surface area (Å²) in [5.41, 5.74) is 5.37. The summed E-state index contributed by atoms with van der Waals surface area (Å²) in [6, 6.07) is 6.25. The van der Waals surface area contributed by atoms with Gasteiger partial charge in [-0.2, -0.15) is 0 Å². The van der Waals surface area contributed by atoms with Crippen molar-refractivity contribution in [1.29, 1.82) is 0 Å². The number of amides is 1. The molecule has 2 aromatic heterocycles. The summed E-state index contributed by atoms with van der Waals surface area (Å²) in [4.78, 5) is 11.7. The zero-order valence-corrected chi connectivity index (χ0v) is 9.44. The Kier molecular flexibility index (Phi) is 3.36. The second-order valence-corrected chi connectivity index (χ2v) is 3.55. The molecule has 2 heterocycles. The van der Waals surface area contributed by atoms with Gasteiger partial charge in [0, 0.05) is 0 Å². The minimum absolute atomic E-state index is 0.169. The van der Waals surface area contributed by atoms with Gasteiger partial charge in [-0.15, -0.1) is 10.2 Å². The molecule has 17 heavy (non-hydrogen) atoms. The van der Waals surface area contributed by atoms with Crippen LogP contribution in [0.5, 0.6) is 0 Å². The molecule has 0 unspecified atom stereocenters. The van der Waals surface area contributed by atoms with Crippen LogP contribution in [-0.2, 0) is 6.54 Å². The highest BCUT2D eigenvalue weighted by Crippen LogP contribution is 2.11. The first-order chi connectivity index (χ1) is 8.19. The smallest absolute Gasteiger partial charge is 0.292 e. The Morgan fingerprint density at radius 3 is 2.76 bits per heavy atom. The monoisotopic (exact) mass is 252 g/mol. The molecule has 0 aliphatic rings. The molecule has 0 saturated carbocycles. The van der Waals surface area contributed by atoms with Gasteiger partial charge in [0.1, 0.15) is 5.76 Å². The van der Waals surface area contributed by atoms with Gasteiger partial charge in [-0.05, 0) is 24.3 Å². The predicted octanol–water partition coefficient (Wildman–Crippen LogP) is 1.43. The quantitative estimate of drug-likeness (QED) is 0.862. The summed E-state index contributed by atoms with van der Waals surface area (Å²) in [6.45, 7) is 0.244. The first-order valence-electron chi connectivity index (χ1n) is 4.78. The van der Waals surface area contributed by atoms with Crippen LogP contribution in [0.2, 0.25) is 5.15 Å². The summed E-state index contributed by atoms with van der Waals surface area (Å²) in [5, 5.41) is 10.1. The van der Waals surface area contributed by atoms with E-state index in [1.165, 1.54) is 6.07 Å². The third kappa shape index (κ3) is 2.80. The lowest BCUT2D eigenvalue weighted by atomic mass is 10.4. The van der Waals surface area contributed by atoms with Crippen molar-refractivity contribution < 1.29 is 9.21 Å². The molecule has 2 aromatic rings. The number of nitrogens with zero attached hydrogens (tertiary/aromatic N) is 2. The molecule has 0 aliphatic heterocycles. The Morgan fingerprint density at radius 2 is 2.18 bits per heavy atom. The molecule has 0 radical (unpaired) electrons. The van der Waals surface area contributed by atoms with E-state index in [0.29, 0.717) is 11.6 Å². The molecule has 0 bridgehead atoms. The number of aromatic nitrogens is 2. The molecular weight excluding hydrogens is 244 g/mol. The first kappa shape index (κ1) is 11.6. The summed E-state index contributed by atoms with van der Waals surface area (Å²) in [5.74, 6) is 0.589. The number of halogens is 1. The lowest BCUT2D eigenvalue weighted by Gasteiger charge is -2.00. The van der Waals surface area contributed by atoms with E-state index in [0.717, 1.165) is 0 Å². The highest BCUT2D eigenvalue weighted by molar-refractivity contribution is 6.29. The lowest BCUT2D eigenvalue weighted by molar-refractivity contribution is 0.0994. The number of rotatable bonds is 3. The van der Waals surface area contributed by atoms with Crippen LogP contribution < -0.4 is 11.1 Å². The minimum Gasteiger partial charge on any atom is -0.455 e. The van der Waals surface area contributed by atoms with Gasteiger partial charge < -0.3 is 15.5 Å². The number of carbonyl (C=O) groups is 1. The summed E-state index contributed by atoms with van der Waals surface area (Å²) in [7, 11) is 0. The van der Waals surface area contributed by atoms with Gasteiger partial charge >= 0.3 is 0 Å². The number of carbonyl (C=O) groups excluding carboxylic acids is 1. The van der Waals surface area contributed by atoms with Crippen molar-refractivity contribution in [3.63, 3.8) is 0 Å². The van der Waals surface area contributed by atoms with E-state index < -0.39 is 5.91 Å². The van der Waals surface area contributed by atoms with Crippen molar-refractivity contribution in [3.05, 3.63) is 40.9 Å². The molecule has 6 nitrogen and oxygen atoms in total. The van der Waals surface area contributed by atoms with Crippen LogP contribution in [0.4, 0.5) is 5.82 Å². The molecule has 0 fully saturated rings. The topological polar surface area (TPSA) is 94.0 Å². The number of furan rings is 1. The molecule has 0 saturated heterocycles. The normalized spacial score (nSPS) is 10.2. The second kappa shape index (κ2) is 4.94. The van der Waals surface area contributed by atoms with Gasteiger partial charge in [-0.3, -0.25) is 4.79 Å². The van der Waals surface area contributed by atoms with Crippen LogP contribution >= 0.6 is 11.6 Å². The molecule has 0 aliphatic carbocycles. The van der Waals surface area contributed by atoms with E-state index >= 15 is 0 Å². The van der Waals surface area contributed by atoms with Crippen molar-refractivity contribution in [2.45, 2.75) is 6.54 Å². The van der Waals surface area contributed by atoms with Crippen LogP contribution in [0, 0.1) is 0 Å². The fraction of sp³-hybridized carbons (Fsp3) is 0.100. The highest BCUT2D eigenvalue weighted by atomic mass is 35.5. The second-order valence-electron chi connectivity index (χ2n) is 3.17. The molecular formula is C10H9ClN4O2. The molecule has 0 aromatic carbocycles. The van der Waals surface area contributed by atoms with Crippen LogP contribution in [-0.4, -0.2) is 16.1 Å². The Bertz CT molecular complexity index is 523. The van der Waals surface area contributed by atoms with E-state index in [2.05, 4.69) is 15.5 Å². The predicted molar refractivity (Wildman–Crippen MR) is 61.6 cm³/mol. The first-order valence-corrected chi connectivity index (χ1v) is 5.16. The maximum Gasteiger partial charge on any atom is 0.292 e. The minimum atomic E-state index is -0.415. The lowest BCUT2D eigenvalue weighted by Crippen LogP contribution is -2.12. The van der Waals surface area contributed by atoms with Crippen molar-refractivity contribution in [2.75, 3.05) is 5.32 Å². The fourth-order valence-electron chi connectivity index (χ4n) is 1.17. The Balaban J connectivity index is 2.08. The van der Waals surface area contributed by atoms with Gasteiger partial charge in [0.25, 0.3) is 5.91 Å². The Hall–Kier alpha value is -1.92. The van der Waals surface area contributed by atoms with Gasteiger partial charge in [0.2, 0.25) is 0 Å². The molecule has 1 amide bonds. The molecule has 2 rings (SSSR count). The summed E-state index contributed by atoms with van der Waals surface area (Å²) >= 11 is 5.57. The number of hydrogen-bond donors (Lipinski definition) is 2. The van der Waals surface area contributed by atoms with Crippen molar-refractivity contribution in [3.8, 4) is 0 Å². The summed E-state index contributed by atoms with van der Waals surface area (Å²) in [6.07, 6.45) is 0. The molecule has 0 atom stereocenters. The number of nitrogens with two attached hydrogens (primary N) is 1. The number of nitrogens with one attached hydrogen (secondary N) is 1. The van der Waals surface area contributed by atoms with Crippen molar-refractivity contribution in [1.82, 2.24) is 10.2 Å². The maximum atomic E-state index is 11.7. The van der Waals surface area contributed by atoms with Crippen molar-refractivity contribution >= 4 is 23.3 Å². The van der Waals surface area contributed by atoms with Gasteiger partial charge in [-0.1, -0.05) is 11.6 Å². The third-order valence-electron chi connectivity index (χ3n) is 1.96. The van der Waals surface area contributed by atoms with Crippen LogP contribution in [0.1, 0.15) is 16.3 Å². The zero-order valence-electron chi connectivity index (χ0n) is 8.68. The SMILES string of the molecule is NCc1ccc(C(=O)Nc2ccc(Cl)nn2)o1. The zero-order chi connectivity index (χ0) is 12.3. The molecule has 3 N–H and O–H groups in total. The van der Waals surface area contributed by atoms with Crippen LogP contribution in [0.15, 0.2) is 28.7 Å². The van der Waals surface area contributed by atoms with E-state index in [1.54, 1.807) is 18.2 Å². The number of hydrogen-bond acceptors (Lipinski definition) is 5. The molecule has 7 heteroatoms. The number of anilines is 1. The third-order valence-corrected chi connectivity index (χ3v) is 2.16. The largest absolute Gasteiger partial charge is 0.455 e. The molecule has 88 valence electrons.